The highest BCUT2D eigenvalue weighted by atomic mass is 35.5. The normalized spacial score (nSPS) is 10.5. The van der Waals surface area contributed by atoms with Crippen molar-refractivity contribution in [1.82, 2.24) is 9.97 Å². The SMILES string of the molecule is O=C(Nc1ccc(F)c(Cl)c1)c1ccnc(NCCc2ccccc2F)n1. The van der Waals surface area contributed by atoms with Crippen molar-refractivity contribution in [3.8, 4) is 0 Å². The van der Waals surface area contributed by atoms with E-state index < -0.39 is 11.7 Å². The Balaban J connectivity index is 1.61. The largest absolute Gasteiger partial charge is 0.354 e. The molecular weight excluding hydrogens is 374 g/mol. The zero-order chi connectivity index (χ0) is 19.2. The predicted octanol–water partition coefficient (Wildman–Crippen LogP) is 4.32. The summed E-state index contributed by atoms with van der Waals surface area (Å²) < 4.78 is 26.8. The van der Waals surface area contributed by atoms with E-state index in [0.29, 0.717) is 24.2 Å². The van der Waals surface area contributed by atoms with Gasteiger partial charge in [-0.15, -0.1) is 0 Å². The molecule has 1 amide bonds. The van der Waals surface area contributed by atoms with Crippen LogP contribution >= 0.6 is 11.6 Å². The fourth-order valence-corrected chi connectivity index (χ4v) is 2.53. The first kappa shape index (κ1) is 18.7. The van der Waals surface area contributed by atoms with Crippen molar-refractivity contribution in [2.45, 2.75) is 6.42 Å². The lowest BCUT2D eigenvalue weighted by Crippen LogP contribution is -2.16. The second-order valence-corrected chi connectivity index (χ2v) is 6.02. The van der Waals surface area contributed by atoms with Gasteiger partial charge in [0, 0.05) is 18.4 Å². The Hall–Kier alpha value is -3.06. The van der Waals surface area contributed by atoms with Crippen LogP contribution in [0.4, 0.5) is 20.4 Å². The third kappa shape index (κ3) is 4.98. The third-order valence-electron chi connectivity index (χ3n) is 3.70. The lowest BCUT2D eigenvalue weighted by Gasteiger charge is -2.08. The molecule has 0 radical (unpaired) electrons. The smallest absolute Gasteiger partial charge is 0.274 e. The molecule has 0 unspecified atom stereocenters. The molecule has 0 bridgehead atoms. The molecule has 5 nitrogen and oxygen atoms in total. The van der Waals surface area contributed by atoms with Gasteiger partial charge in [-0.25, -0.2) is 18.7 Å². The van der Waals surface area contributed by atoms with Crippen LogP contribution in [-0.2, 0) is 6.42 Å². The highest BCUT2D eigenvalue weighted by Crippen LogP contribution is 2.19. The second-order valence-electron chi connectivity index (χ2n) is 5.62. The number of anilines is 2. The highest BCUT2D eigenvalue weighted by Gasteiger charge is 2.11. The summed E-state index contributed by atoms with van der Waals surface area (Å²) in [5, 5.41) is 5.45. The van der Waals surface area contributed by atoms with E-state index >= 15 is 0 Å². The van der Waals surface area contributed by atoms with Crippen molar-refractivity contribution in [2.24, 2.45) is 0 Å². The van der Waals surface area contributed by atoms with Gasteiger partial charge in [-0.1, -0.05) is 29.8 Å². The van der Waals surface area contributed by atoms with Crippen LogP contribution in [0, 0.1) is 11.6 Å². The van der Waals surface area contributed by atoms with Crippen LogP contribution < -0.4 is 10.6 Å². The molecule has 0 fully saturated rings. The number of nitrogens with zero attached hydrogens (tertiary/aromatic N) is 2. The number of nitrogens with one attached hydrogen (secondary N) is 2. The summed E-state index contributed by atoms with van der Waals surface area (Å²) >= 11 is 5.70. The van der Waals surface area contributed by atoms with Gasteiger partial charge in [-0.3, -0.25) is 4.79 Å². The summed E-state index contributed by atoms with van der Waals surface area (Å²) in [6.45, 7) is 0.402. The van der Waals surface area contributed by atoms with Crippen LogP contribution in [-0.4, -0.2) is 22.4 Å². The molecule has 0 aliphatic carbocycles. The number of carbonyl (C=O) groups is 1. The Morgan fingerprint density at radius 1 is 1.07 bits per heavy atom. The van der Waals surface area contributed by atoms with Crippen LogP contribution in [0.25, 0.3) is 0 Å². The van der Waals surface area contributed by atoms with E-state index in [9.17, 15) is 13.6 Å². The molecule has 0 atom stereocenters. The standard InChI is InChI=1S/C19H15ClF2N4O/c20-14-11-13(5-6-16(14)22)25-18(27)17-8-10-24-19(26-17)23-9-7-12-3-1-2-4-15(12)21/h1-6,8,10-11H,7,9H2,(H,25,27)(H,23,24,26). The highest BCUT2D eigenvalue weighted by molar-refractivity contribution is 6.31. The number of aromatic nitrogens is 2. The molecule has 2 N–H and O–H groups in total. The minimum absolute atomic E-state index is 0.0917. The molecule has 1 heterocycles. The molecule has 3 rings (SSSR count). The average Bonchev–Trinajstić information content (AvgIpc) is 2.66. The first-order valence-corrected chi connectivity index (χ1v) is 8.47. The van der Waals surface area contributed by atoms with Crippen molar-refractivity contribution in [1.29, 1.82) is 0 Å². The van der Waals surface area contributed by atoms with Crippen molar-refractivity contribution in [3.05, 3.63) is 82.6 Å². The molecule has 1 aromatic heterocycles. The Morgan fingerprint density at radius 2 is 1.89 bits per heavy atom. The summed E-state index contributed by atoms with van der Waals surface area (Å²) in [5.41, 5.74) is 1.05. The number of amides is 1. The van der Waals surface area contributed by atoms with Crippen LogP contribution in [0.3, 0.4) is 0 Å². The quantitative estimate of drug-likeness (QED) is 0.660. The van der Waals surface area contributed by atoms with E-state index in [0.717, 1.165) is 6.07 Å². The van der Waals surface area contributed by atoms with Gasteiger partial charge in [0.1, 0.15) is 17.3 Å². The first-order chi connectivity index (χ1) is 13.0. The Bertz CT molecular complexity index is 968. The number of benzene rings is 2. The van der Waals surface area contributed by atoms with Gasteiger partial charge in [-0.2, -0.15) is 0 Å². The van der Waals surface area contributed by atoms with Gasteiger partial charge in [0.25, 0.3) is 5.91 Å². The number of carbonyl (C=O) groups excluding carboxylic acids is 1. The van der Waals surface area contributed by atoms with Gasteiger partial charge in [0.05, 0.1) is 5.02 Å². The van der Waals surface area contributed by atoms with E-state index in [4.69, 9.17) is 11.6 Å². The Labute approximate surface area is 159 Å². The van der Waals surface area contributed by atoms with Gasteiger partial charge in [0.15, 0.2) is 0 Å². The zero-order valence-corrected chi connectivity index (χ0v) is 14.8. The van der Waals surface area contributed by atoms with Crippen molar-refractivity contribution < 1.29 is 13.6 Å². The molecule has 0 saturated heterocycles. The summed E-state index contributed by atoms with van der Waals surface area (Å²) in [4.78, 5) is 20.5. The summed E-state index contributed by atoms with van der Waals surface area (Å²) in [6.07, 6.45) is 1.88. The van der Waals surface area contributed by atoms with Gasteiger partial charge < -0.3 is 10.6 Å². The number of hydrogen-bond donors (Lipinski definition) is 2. The molecular formula is C19H15ClF2N4O. The number of halogens is 3. The lowest BCUT2D eigenvalue weighted by molar-refractivity contribution is 0.102. The monoisotopic (exact) mass is 388 g/mol. The van der Waals surface area contributed by atoms with Crippen molar-refractivity contribution >= 4 is 29.1 Å². The molecule has 2 aromatic carbocycles. The van der Waals surface area contributed by atoms with Gasteiger partial charge in [0.2, 0.25) is 5.95 Å². The second kappa shape index (κ2) is 8.55. The first-order valence-electron chi connectivity index (χ1n) is 8.09. The average molecular weight is 389 g/mol. The third-order valence-corrected chi connectivity index (χ3v) is 3.99. The number of hydrogen-bond acceptors (Lipinski definition) is 4. The minimum atomic E-state index is -0.571. The molecule has 27 heavy (non-hydrogen) atoms. The molecule has 0 spiro atoms. The van der Waals surface area contributed by atoms with Crippen LogP contribution in [0.5, 0.6) is 0 Å². The Kier molecular flexibility index (Phi) is 5.93. The fraction of sp³-hybridized carbons (Fsp3) is 0.105. The number of rotatable bonds is 6. The molecule has 3 aromatic rings. The maximum absolute atomic E-state index is 13.6. The van der Waals surface area contributed by atoms with Crippen LogP contribution in [0.2, 0.25) is 5.02 Å². The van der Waals surface area contributed by atoms with Crippen molar-refractivity contribution in [2.75, 3.05) is 17.2 Å². The Morgan fingerprint density at radius 3 is 2.67 bits per heavy atom. The summed E-state index contributed by atoms with van der Waals surface area (Å²) in [7, 11) is 0. The molecule has 8 heteroatoms. The molecule has 0 aliphatic heterocycles. The minimum Gasteiger partial charge on any atom is -0.354 e. The molecule has 0 aliphatic rings. The predicted molar refractivity (Wildman–Crippen MR) is 100.0 cm³/mol. The maximum atomic E-state index is 13.6. The lowest BCUT2D eigenvalue weighted by atomic mass is 10.1. The van der Waals surface area contributed by atoms with Crippen molar-refractivity contribution in [3.63, 3.8) is 0 Å². The van der Waals surface area contributed by atoms with E-state index in [2.05, 4.69) is 20.6 Å². The topological polar surface area (TPSA) is 66.9 Å². The summed E-state index contributed by atoms with van der Waals surface area (Å²) in [5.74, 6) is -1.09. The van der Waals surface area contributed by atoms with E-state index in [-0.39, 0.29) is 22.5 Å². The van der Waals surface area contributed by atoms with E-state index in [1.54, 1.807) is 18.2 Å². The summed E-state index contributed by atoms with van der Waals surface area (Å²) in [6, 6.07) is 11.8. The van der Waals surface area contributed by atoms with Gasteiger partial charge >= 0.3 is 0 Å². The molecule has 0 saturated carbocycles. The van der Waals surface area contributed by atoms with Crippen LogP contribution in [0.15, 0.2) is 54.7 Å². The van der Waals surface area contributed by atoms with Crippen LogP contribution in [0.1, 0.15) is 16.1 Å². The zero-order valence-electron chi connectivity index (χ0n) is 14.0. The van der Waals surface area contributed by atoms with E-state index in [1.807, 2.05) is 0 Å². The van der Waals surface area contributed by atoms with E-state index in [1.165, 1.54) is 30.5 Å². The fourth-order valence-electron chi connectivity index (χ4n) is 2.35. The van der Waals surface area contributed by atoms with Gasteiger partial charge in [-0.05, 0) is 42.3 Å². The maximum Gasteiger partial charge on any atom is 0.274 e. The molecule has 138 valence electrons.